The normalized spacial score (nSPS) is 13.9. The number of hydrogen-bond acceptors (Lipinski definition) is 7. The summed E-state index contributed by atoms with van der Waals surface area (Å²) < 4.78 is 0. The lowest BCUT2D eigenvalue weighted by atomic mass is 10.0. The van der Waals surface area contributed by atoms with Crippen LogP contribution in [-0.2, 0) is 38.4 Å². The molecule has 0 fully saturated rings. The number of hydrogen-bond donors (Lipinski definition) is 7. The standard InChI is InChI=1S/C27H32N6O6/c28-20(11-17-7-3-1-4-8-17)24(35)33-23(15-34)26(37)31-21(13-19-14-29-16-30-19)25(36)32-22(27(38)39)12-18-9-5-2-6-10-18/h1-10,14,16,20-23,34H,11-13,15,28H2,(H,29,30)(H,31,37)(H,32,36)(H,33,35)(H,38,39). The van der Waals surface area contributed by atoms with Crippen molar-refractivity contribution in [1.82, 2.24) is 25.9 Å². The molecule has 0 aliphatic heterocycles. The molecule has 4 unspecified atom stereocenters. The van der Waals surface area contributed by atoms with Gasteiger partial charge in [0.05, 0.1) is 19.0 Å². The largest absolute Gasteiger partial charge is 0.480 e. The second kappa shape index (κ2) is 14.4. The summed E-state index contributed by atoms with van der Waals surface area (Å²) in [7, 11) is 0. The topological polar surface area (TPSA) is 200 Å². The van der Waals surface area contributed by atoms with Crippen molar-refractivity contribution in [3.63, 3.8) is 0 Å². The quantitative estimate of drug-likeness (QED) is 0.140. The molecule has 1 aromatic heterocycles. The highest BCUT2D eigenvalue weighted by molar-refractivity contribution is 5.94. The number of rotatable bonds is 14. The number of aliphatic hydroxyl groups is 1. The molecule has 0 saturated heterocycles. The summed E-state index contributed by atoms with van der Waals surface area (Å²) in [5.41, 5.74) is 8.01. The Morgan fingerprint density at radius 3 is 1.85 bits per heavy atom. The number of carbonyl (C=O) groups excluding carboxylic acids is 3. The van der Waals surface area contributed by atoms with Gasteiger partial charge in [-0.15, -0.1) is 0 Å². The van der Waals surface area contributed by atoms with Crippen LogP contribution in [0.5, 0.6) is 0 Å². The SMILES string of the molecule is NC(Cc1ccccc1)C(=O)NC(CO)C(=O)NC(Cc1cnc[nH]1)C(=O)NC(Cc1ccccc1)C(=O)O. The van der Waals surface area contributed by atoms with Crippen LogP contribution in [0.3, 0.4) is 0 Å². The highest BCUT2D eigenvalue weighted by Gasteiger charge is 2.30. The van der Waals surface area contributed by atoms with E-state index in [-0.39, 0.29) is 19.3 Å². The summed E-state index contributed by atoms with van der Waals surface area (Å²) in [6.07, 6.45) is 3.05. The van der Waals surface area contributed by atoms with Crippen LogP contribution in [0, 0.1) is 0 Å². The molecule has 1 heterocycles. The number of aromatic amines is 1. The lowest BCUT2D eigenvalue weighted by molar-refractivity contribution is -0.142. The first kappa shape index (κ1) is 29.0. The average molecular weight is 537 g/mol. The Kier molecular flexibility index (Phi) is 10.7. The third-order valence-corrected chi connectivity index (χ3v) is 5.96. The van der Waals surface area contributed by atoms with Crippen LogP contribution in [0.25, 0.3) is 0 Å². The van der Waals surface area contributed by atoms with E-state index >= 15 is 0 Å². The minimum absolute atomic E-state index is 0.0290. The Bertz CT molecular complexity index is 1220. The summed E-state index contributed by atoms with van der Waals surface area (Å²) in [4.78, 5) is 57.4. The molecule has 0 spiro atoms. The van der Waals surface area contributed by atoms with Gasteiger partial charge in [-0.1, -0.05) is 60.7 Å². The predicted molar refractivity (Wildman–Crippen MR) is 141 cm³/mol. The summed E-state index contributed by atoms with van der Waals surface area (Å²) in [5, 5.41) is 26.9. The molecule has 0 saturated carbocycles. The van der Waals surface area contributed by atoms with Crippen LogP contribution in [0.1, 0.15) is 16.8 Å². The van der Waals surface area contributed by atoms with E-state index in [1.165, 1.54) is 12.5 Å². The van der Waals surface area contributed by atoms with Crippen molar-refractivity contribution in [2.45, 2.75) is 43.4 Å². The summed E-state index contributed by atoms with van der Waals surface area (Å²) in [5.74, 6) is -3.50. The number of benzene rings is 2. The third kappa shape index (κ3) is 9.05. The molecular weight excluding hydrogens is 504 g/mol. The maximum absolute atomic E-state index is 13.2. The second-order valence-electron chi connectivity index (χ2n) is 8.97. The van der Waals surface area contributed by atoms with E-state index in [9.17, 15) is 29.4 Å². The monoisotopic (exact) mass is 536 g/mol. The molecule has 206 valence electrons. The Hall–Kier alpha value is -4.55. The van der Waals surface area contributed by atoms with Crippen molar-refractivity contribution in [3.8, 4) is 0 Å². The van der Waals surface area contributed by atoms with E-state index in [4.69, 9.17) is 5.73 Å². The molecule has 12 heteroatoms. The highest BCUT2D eigenvalue weighted by Crippen LogP contribution is 2.06. The predicted octanol–water partition coefficient (Wildman–Crippen LogP) is -0.704. The van der Waals surface area contributed by atoms with Gasteiger partial charge in [0.15, 0.2) is 0 Å². The number of carboxylic acids is 1. The van der Waals surface area contributed by atoms with E-state index in [0.717, 1.165) is 5.56 Å². The minimum atomic E-state index is -1.39. The van der Waals surface area contributed by atoms with Gasteiger partial charge in [0, 0.05) is 24.7 Å². The van der Waals surface area contributed by atoms with Crippen LogP contribution in [0.15, 0.2) is 73.2 Å². The zero-order valence-corrected chi connectivity index (χ0v) is 21.1. The van der Waals surface area contributed by atoms with E-state index in [1.807, 2.05) is 30.3 Å². The molecule has 2 aromatic carbocycles. The van der Waals surface area contributed by atoms with Gasteiger partial charge in [-0.25, -0.2) is 9.78 Å². The van der Waals surface area contributed by atoms with Crippen molar-refractivity contribution in [2.75, 3.05) is 6.61 Å². The van der Waals surface area contributed by atoms with Gasteiger partial charge in [0.25, 0.3) is 0 Å². The van der Waals surface area contributed by atoms with E-state index in [1.54, 1.807) is 30.3 Å². The van der Waals surface area contributed by atoms with Crippen molar-refractivity contribution in [2.24, 2.45) is 5.73 Å². The Labute approximate surface area is 225 Å². The summed E-state index contributed by atoms with van der Waals surface area (Å²) >= 11 is 0. The number of nitrogens with one attached hydrogen (secondary N) is 4. The van der Waals surface area contributed by atoms with Crippen molar-refractivity contribution < 1.29 is 29.4 Å². The van der Waals surface area contributed by atoms with Crippen LogP contribution in [-0.4, -0.2) is 74.6 Å². The van der Waals surface area contributed by atoms with Gasteiger partial charge in [0.2, 0.25) is 17.7 Å². The maximum Gasteiger partial charge on any atom is 0.326 e. The number of imidazole rings is 1. The first-order valence-corrected chi connectivity index (χ1v) is 12.3. The summed E-state index contributed by atoms with van der Waals surface area (Å²) in [6.45, 7) is -0.750. The van der Waals surface area contributed by atoms with Gasteiger partial charge in [-0.05, 0) is 17.5 Å². The number of nitrogens with zero attached hydrogens (tertiary/aromatic N) is 1. The number of carboxylic acid groups (broad SMARTS) is 1. The van der Waals surface area contributed by atoms with E-state index in [2.05, 4.69) is 25.9 Å². The minimum Gasteiger partial charge on any atom is -0.480 e. The van der Waals surface area contributed by atoms with Crippen molar-refractivity contribution in [3.05, 3.63) is 90.0 Å². The molecule has 4 atom stereocenters. The molecule has 8 N–H and O–H groups in total. The molecule has 39 heavy (non-hydrogen) atoms. The van der Waals surface area contributed by atoms with E-state index < -0.39 is 54.5 Å². The molecular formula is C27H32N6O6. The molecule has 0 radical (unpaired) electrons. The van der Waals surface area contributed by atoms with Gasteiger partial charge in [-0.3, -0.25) is 14.4 Å². The molecule has 0 aliphatic rings. The molecule has 3 rings (SSSR count). The number of nitrogens with two attached hydrogens (primary N) is 1. The number of aliphatic carboxylic acids is 1. The van der Waals surface area contributed by atoms with Crippen LogP contribution >= 0.6 is 0 Å². The number of H-pyrrole nitrogens is 1. The Morgan fingerprint density at radius 2 is 1.31 bits per heavy atom. The van der Waals surface area contributed by atoms with Crippen LogP contribution in [0.2, 0.25) is 0 Å². The molecule has 3 amide bonds. The van der Waals surface area contributed by atoms with Gasteiger partial charge in [-0.2, -0.15) is 0 Å². The highest BCUT2D eigenvalue weighted by atomic mass is 16.4. The second-order valence-corrected chi connectivity index (χ2v) is 8.97. The smallest absolute Gasteiger partial charge is 0.326 e. The first-order chi connectivity index (χ1) is 18.8. The molecule has 12 nitrogen and oxygen atoms in total. The molecule has 0 aliphatic carbocycles. The van der Waals surface area contributed by atoms with Gasteiger partial charge < -0.3 is 36.9 Å². The Balaban J connectivity index is 1.67. The van der Waals surface area contributed by atoms with Crippen LogP contribution in [0.4, 0.5) is 0 Å². The third-order valence-electron chi connectivity index (χ3n) is 5.96. The van der Waals surface area contributed by atoms with Gasteiger partial charge in [0.1, 0.15) is 18.1 Å². The number of carbonyl (C=O) groups is 4. The maximum atomic E-state index is 13.2. The fourth-order valence-electron chi connectivity index (χ4n) is 3.85. The summed E-state index contributed by atoms with van der Waals surface area (Å²) in [6, 6.07) is 13.0. The van der Waals surface area contributed by atoms with Gasteiger partial charge >= 0.3 is 5.97 Å². The lowest BCUT2D eigenvalue weighted by Gasteiger charge is -2.24. The Morgan fingerprint density at radius 1 is 0.769 bits per heavy atom. The number of aromatic nitrogens is 2. The lowest BCUT2D eigenvalue weighted by Crippen LogP contribution is -2.58. The number of amides is 3. The first-order valence-electron chi connectivity index (χ1n) is 12.3. The molecule has 0 bridgehead atoms. The molecule has 3 aromatic rings. The number of aliphatic hydroxyl groups excluding tert-OH is 1. The fraction of sp³-hybridized carbons (Fsp3) is 0.296. The van der Waals surface area contributed by atoms with E-state index in [0.29, 0.717) is 11.3 Å². The zero-order valence-electron chi connectivity index (χ0n) is 21.1. The fourth-order valence-corrected chi connectivity index (χ4v) is 3.85. The average Bonchev–Trinajstić information content (AvgIpc) is 3.45. The van der Waals surface area contributed by atoms with Crippen molar-refractivity contribution >= 4 is 23.7 Å². The zero-order chi connectivity index (χ0) is 28.2. The van der Waals surface area contributed by atoms with Crippen molar-refractivity contribution in [1.29, 1.82) is 0 Å². The van der Waals surface area contributed by atoms with Crippen LogP contribution < -0.4 is 21.7 Å².